The van der Waals surface area contributed by atoms with Gasteiger partial charge in [0.1, 0.15) is 0 Å². The van der Waals surface area contributed by atoms with Crippen LogP contribution in [-0.2, 0) is 9.59 Å². The molecule has 0 spiro atoms. The second-order valence-corrected chi connectivity index (χ2v) is 8.12. The number of benzene rings is 2. The van der Waals surface area contributed by atoms with Gasteiger partial charge >= 0.3 is 5.97 Å². The molecule has 1 heterocycles. The number of aliphatic carboxylic acids is 1. The molecule has 2 aromatic rings. The van der Waals surface area contributed by atoms with Crippen molar-refractivity contribution in [2.45, 2.75) is 13.0 Å². The van der Waals surface area contributed by atoms with Crippen LogP contribution in [0.1, 0.15) is 12.5 Å². The van der Waals surface area contributed by atoms with Crippen LogP contribution in [0.25, 0.3) is 6.08 Å². The molecule has 1 aliphatic rings. The minimum atomic E-state index is -1.08. The van der Waals surface area contributed by atoms with Gasteiger partial charge in [-0.15, -0.1) is 0 Å². The van der Waals surface area contributed by atoms with Crippen LogP contribution in [0.15, 0.2) is 47.4 Å². The maximum absolute atomic E-state index is 12.9. The van der Waals surface area contributed by atoms with E-state index in [9.17, 15) is 9.59 Å². The summed E-state index contributed by atoms with van der Waals surface area (Å²) in [5, 5.41) is 9.51. The number of rotatable bonds is 6. The molecule has 1 unspecified atom stereocenters. The summed E-state index contributed by atoms with van der Waals surface area (Å²) < 4.78 is 11.1. The Morgan fingerprint density at radius 1 is 1.28 bits per heavy atom. The number of carbonyl (C=O) groups is 2. The van der Waals surface area contributed by atoms with Crippen molar-refractivity contribution in [1.82, 2.24) is 0 Å². The number of hydrogen-bond donors (Lipinski definition) is 1. The van der Waals surface area contributed by atoms with Gasteiger partial charge in [-0.05, 0) is 48.9 Å². The summed E-state index contributed by atoms with van der Waals surface area (Å²) in [6.45, 7) is 1.43. The number of amides is 1. The van der Waals surface area contributed by atoms with E-state index in [1.54, 1.807) is 48.5 Å². The van der Waals surface area contributed by atoms with E-state index in [1.165, 1.54) is 30.7 Å². The van der Waals surface area contributed by atoms with Gasteiger partial charge in [0.15, 0.2) is 21.9 Å². The van der Waals surface area contributed by atoms with Crippen molar-refractivity contribution in [1.29, 1.82) is 0 Å². The van der Waals surface area contributed by atoms with E-state index in [4.69, 9.17) is 38.4 Å². The summed E-state index contributed by atoms with van der Waals surface area (Å²) in [6, 6.07) is 11.9. The van der Waals surface area contributed by atoms with Gasteiger partial charge in [0.05, 0.1) is 17.7 Å². The number of carbonyl (C=O) groups excluding carboxylic acids is 1. The lowest BCUT2D eigenvalue weighted by molar-refractivity contribution is -0.144. The van der Waals surface area contributed by atoms with E-state index in [1.807, 2.05) is 0 Å². The Kier molecular flexibility index (Phi) is 6.46. The zero-order valence-electron chi connectivity index (χ0n) is 15.4. The van der Waals surface area contributed by atoms with E-state index < -0.39 is 12.1 Å². The number of carboxylic acids is 1. The van der Waals surface area contributed by atoms with Crippen LogP contribution < -0.4 is 14.4 Å². The van der Waals surface area contributed by atoms with Gasteiger partial charge in [0, 0.05) is 5.02 Å². The predicted octanol–water partition coefficient (Wildman–Crippen LogP) is 4.61. The zero-order valence-corrected chi connectivity index (χ0v) is 17.8. The molecule has 2 aromatic carbocycles. The molecule has 29 heavy (non-hydrogen) atoms. The van der Waals surface area contributed by atoms with Gasteiger partial charge < -0.3 is 14.6 Å². The molecule has 6 nitrogen and oxygen atoms in total. The van der Waals surface area contributed by atoms with Crippen LogP contribution in [0.4, 0.5) is 5.69 Å². The van der Waals surface area contributed by atoms with Crippen molar-refractivity contribution < 1.29 is 24.2 Å². The molecule has 0 aliphatic carbocycles. The van der Waals surface area contributed by atoms with Gasteiger partial charge in [-0.3, -0.25) is 9.69 Å². The standard InChI is InChI=1S/C20H16ClNO5S2/c1-11(19(24)25)27-15-7-6-12(8-16(15)26-2)9-17-18(23)22(20(28)29-17)14-5-3-4-13(21)10-14/h3-11H,1-2H3,(H,24,25)/b17-9+. The Morgan fingerprint density at radius 3 is 2.69 bits per heavy atom. The second-order valence-electron chi connectivity index (χ2n) is 6.01. The quantitative estimate of drug-likeness (QED) is 0.510. The minimum absolute atomic E-state index is 0.249. The summed E-state index contributed by atoms with van der Waals surface area (Å²) >= 11 is 12.6. The fourth-order valence-electron chi connectivity index (χ4n) is 2.57. The number of carboxylic acid groups (broad SMARTS) is 1. The van der Waals surface area contributed by atoms with E-state index >= 15 is 0 Å². The van der Waals surface area contributed by atoms with Crippen LogP contribution in [-0.4, -0.2) is 34.5 Å². The lowest BCUT2D eigenvalue weighted by Gasteiger charge is -2.15. The van der Waals surface area contributed by atoms with E-state index in [0.29, 0.717) is 37.0 Å². The first-order valence-electron chi connectivity index (χ1n) is 8.41. The Balaban J connectivity index is 1.87. The predicted molar refractivity (Wildman–Crippen MR) is 118 cm³/mol. The number of halogens is 1. The van der Waals surface area contributed by atoms with Crippen LogP contribution >= 0.6 is 35.6 Å². The number of nitrogens with zero attached hydrogens (tertiary/aromatic N) is 1. The van der Waals surface area contributed by atoms with Crippen molar-refractivity contribution in [3.8, 4) is 11.5 Å². The molecule has 3 rings (SSSR count). The second kappa shape index (κ2) is 8.86. The van der Waals surface area contributed by atoms with E-state index in [0.717, 1.165) is 0 Å². The van der Waals surface area contributed by atoms with Gasteiger partial charge in [-0.25, -0.2) is 4.79 Å². The van der Waals surface area contributed by atoms with Crippen molar-refractivity contribution in [3.05, 3.63) is 58.0 Å². The number of thiocarbonyl (C=S) groups is 1. The molecule has 9 heteroatoms. The molecule has 0 saturated carbocycles. The van der Waals surface area contributed by atoms with E-state index in [2.05, 4.69) is 0 Å². The monoisotopic (exact) mass is 449 g/mol. The van der Waals surface area contributed by atoms with Gasteiger partial charge in [0.2, 0.25) is 0 Å². The highest BCUT2D eigenvalue weighted by atomic mass is 35.5. The number of ether oxygens (including phenoxy) is 2. The minimum Gasteiger partial charge on any atom is -0.493 e. The first-order valence-corrected chi connectivity index (χ1v) is 10.0. The average Bonchev–Trinajstić information content (AvgIpc) is 2.95. The third kappa shape index (κ3) is 4.72. The third-order valence-electron chi connectivity index (χ3n) is 4.00. The summed E-state index contributed by atoms with van der Waals surface area (Å²) in [6.07, 6.45) is 0.667. The fourth-order valence-corrected chi connectivity index (χ4v) is 4.05. The lowest BCUT2D eigenvalue weighted by atomic mass is 10.1. The van der Waals surface area contributed by atoms with Crippen molar-refractivity contribution in [2.75, 3.05) is 12.0 Å². The first kappa shape index (κ1) is 21.2. The molecule has 1 saturated heterocycles. The number of anilines is 1. The van der Waals surface area contributed by atoms with Crippen LogP contribution in [0, 0.1) is 0 Å². The summed E-state index contributed by atoms with van der Waals surface area (Å²) in [5.74, 6) is -0.676. The van der Waals surface area contributed by atoms with Crippen LogP contribution in [0.3, 0.4) is 0 Å². The first-order chi connectivity index (χ1) is 13.8. The maximum Gasteiger partial charge on any atom is 0.344 e. The molecule has 1 fully saturated rings. The fraction of sp³-hybridized carbons (Fsp3) is 0.150. The van der Waals surface area contributed by atoms with E-state index in [-0.39, 0.29) is 5.91 Å². The van der Waals surface area contributed by atoms with Crippen molar-refractivity contribution in [2.24, 2.45) is 0 Å². The molecule has 1 amide bonds. The van der Waals surface area contributed by atoms with Crippen molar-refractivity contribution in [3.63, 3.8) is 0 Å². The normalized spacial score (nSPS) is 16.2. The van der Waals surface area contributed by atoms with Crippen LogP contribution in [0.2, 0.25) is 5.02 Å². The molecule has 150 valence electrons. The molecule has 1 aliphatic heterocycles. The van der Waals surface area contributed by atoms with Gasteiger partial charge in [-0.2, -0.15) is 0 Å². The maximum atomic E-state index is 12.9. The Hall–Kier alpha value is -2.55. The molecule has 1 atom stereocenters. The molecule has 0 aromatic heterocycles. The molecular weight excluding hydrogens is 434 g/mol. The molecular formula is C20H16ClNO5S2. The Bertz CT molecular complexity index is 1020. The van der Waals surface area contributed by atoms with Crippen LogP contribution in [0.5, 0.6) is 11.5 Å². The van der Waals surface area contributed by atoms with Crippen molar-refractivity contribution >= 4 is 63.5 Å². The average molecular weight is 450 g/mol. The topological polar surface area (TPSA) is 76.1 Å². The molecule has 0 radical (unpaired) electrons. The molecule has 0 bridgehead atoms. The highest BCUT2D eigenvalue weighted by Crippen LogP contribution is 2.37. The highest BCUT2D eigenvalue weighted by molar-refractivity contribution is 8.27. The third-order valence-corrected chi connectivity index (χ3v) is 5.53. The number of thioether (sulfide) groups is 1. The van der Waals surface area contributed by atoms with Gasteiger partial charge in [-0.1, -0.05) is 47.7 Å². The number of methoxy groups -OCH3 is 1. The summed E-state index contributed by atoms with van der Waals surface area (Å²) in [5.41, 5.74) is 1.29. The Morgan fingerprint density at radius 2 is 2.03 bits per heavy atom. The lowest BCUT2D eigenvalue weighted by Crippen LogP contribution is -2.27. The summed E-state index contributed by atoms with van der Waals surface area (Å²) in [7, 11) is 1.45. The molecule has 1 N–H and O–H groups in total. The zero-order chi connectivity index (χ0) is 21.1. The number of hydrogen-bond acceptors (Lipinski definition) is 6. The Labute approximate surface area is 182 Å². The SMILES string of the molecule is COc1cc(/C=C2/SC(=S)N(c3cccc(Cl)c3)C2=O)ccc1OC(C)C(=O)O. The van der Waals surface area contributed by atoms with Gasteiger partial charge in [0.25, 0.3) is 5.91 Å². The smallest absolute Gasteiger partial charge is 0.344 e. The summed E-state index contributed by atoms with van der Waals surface area (Å²) in [4.78, 5) is 25.7. The largest absolute Gasteiger partial charge is 0.493 e. The highest BCUT2D eigenvalue weighted by Gasteiger charge is 2.33.